The van der Waals surface area contributed by atoms with Crippen LogP contribution >= 0.6 is 11.8 Å². The molecule has 3 nitrogen and oxygen atoms in total. The Morgan fingerprint density at radius 1 is 1.44 bits per heavy atom. The number of hydrogen-bond donors (Lipinski definition) is 1. The standard InChI is InChI=1S/C12H13NO2S/c1-8(14)7-13-12(15)11-6-9-4-2-3-5-10(9)16-11/h2-5,11H,6-7H2,1H3,(H,13,15). The highest BCUT2D eigenvalue weighted by Gasteiger charge is 2.27. The van der Waals surface area contributed by atoms with Gasteiger partial charge in [0.2, 0.25) is 5.91 Å². The molecule has 0 saturated carbocycles. The van der Waals surface area contributed by atoms with Crippen molar-refractivity contribution in [2.45, 2.75) is 23.5 Å². The molecule has 0 aliphatic carbocycles. The Morgan fingerprint density at radius 2 is 2.19 bits per heavy atom. The lowest BCUT2D eigenvalue weighted by Gasteiger charge is -2.07. The van der Waals surface area contributed by atoms with Gasteiger partial charge in [-0.1, -0.05) is 18.2 Å². The minimum atomic E-state index is -0.0863. The van der Waals surface area contributed by atoms with E-state index in [1.165, 1.54) is 17.4 Å². The number of rotatable bonds is 3. The Kier molecular flexibility index (Phi) is 3.29. The van der Waals surface area contributed by atoms with Gasteiger partial charge in [0, 0.05) is 4.90 Å². The van der Waals surface area contributed by atoms with Gasteiger partial charge in [-0.05, 0) is 25.0 Å². The Bertz CT molecular complexity index is 406. The first kappa shape index (κ1) is 11.2. The van der Waals surface area contributed by atoms with E-state index in [-0.39, 0.29) is 23.5 Å². The summed E-state index contributed by atoms with van der Waals surface area (Å²) in [5, 5.41) is 2.56. The van der Waals surface area contributed by atoms with Crippen LogP contribution in [0.1, 0.15) is 12.5 Å². The third-order valence-corrected chi connectivity index (χ3v) is 3.77. The summed E-state index contributed by atoms with van der Waals surface area (Å²) in [6, 6.07) is 8.02. The van der Waals surface area contributed by atoms with E-state index in [9.17, 15) is 9.59 Å². The van der Waals surface area contributed by atoms with E-state index in [1.807, 2.05) is 24.3 Å². The molecule has 0 fully saturated rings. The number of carbonyl (C=O) groups is 2. The number of amides is 1. The van der Waals surface area contributed by atoms with Crippen molar-refractivity contribution in [3.8, 4) is 0 Å². The lowest BCUT2D eigenvalue weighted by Crippen LogP contribution is -2.35. The summed E-state index contributed by atoms with van der Waals surface area (Å²) >= 11 is 1.57. The topological polar surface area (TPSA) is 46.2 Å². The largest absolute Gasteiger partial charge is 0.348 e. The van der Waals surface area contributed by atoms with Gasteiger partial charge < -0.3 is 5.32 Å². The predicted molar refractivity (Wildman–Crippen MR) is 63.5 cm³/mol. The summed E-state index contributed by atoms with van der Waals surface area (Å²) in [6.45, 7) is 1.60. The molecule has 1 N–H and O–H groups in total. The molecule has 1 aromatic rings. The van der Waals surface area contributed by atoms with E-state index < -0.39 is 0 Å². The van der Waals surface area contributed by atoms with Gasteiger partial charge in [0.05, 0.1) is 11.8 Å². The number of nitrogens with one attached hydrogen (secondary N) is 1. The van der Waals surface area contributed by atoms with Crippen molar-refractivity contribution in [1.82, 2.24) is 5.32 Å². The third kappa shape index (κ3) is 2.44. The van der Waals surface area contributed by atoms with E-state index in [1.54, 1.807) is 11.8 Å². The Labute approximate surface area is 98.6 Å². The van der Waals surface area contributed by atoms with Crippen LogP contribution in [0.15, 0.2) is 29.2 Å². The zero-order chi connectivity index (χ0) is 11.5. The average molecular weight is 235 g/mol. The highest BCUT2D eigenvalue weighted by atomic mass is 32.2. The summed E-state index contributed by atoms with van der Waals surface area (Å²) < 4.78 is 0. The molecule has 4 heteroatoms. The van der Waals surface area contributed by atoms with E-state index >= 15 is 0 Å². The van der Waals surface area contributed by atoms with Crippen LogP contribution in [-0.2, 0) is 16.0 Å². The summed E-state index contributed by atoms with van der Waals surface area (Å²) in [5.74, 6) is -0.0646. The van der Waals surface area contributed by atoms with Gasteiger partial charge in [-0.25, -0.2) is 0 Å². The highest BCUT2D eigenvalue weighted by molar-refractivity contribution is 8.01. The van der Waals surface area contributed by atoms with E-state index in [4.69, 9.17) is 0 Å². The molecular formula is C12H13NO2S. The summed E-state index contributed by atoms with van der Waals surface area (Å²) in [7, 11) is 0. The number of thioether (sulfide) groups is 1. The molecule has 0 radical (unpaired) electrons. The molecular weight excluding hydrogens is 222 g/mol. The van der Waals surface area contributed by atoms with Gasteiger partial charge >= 0.3 is 0 Å². The molecule has 1 aromatic carbocycles. The van der Waals surface area contributed by atoms with E-state index in [0.29, 0.717) is 0 Å². The third-order valence-electron chi connectivity index (χ3n) is 2.45. The van der Waals surface area contributed by atoms with Crippen molar-refractivity contribution in [1.29, 1.82) is 0 Å². The van der Waals surface area contributed by atoms with Crippen LogP contribution in [0.3, 0.4) is 0 Å². The van der Waals surface area contributed by atoms with Gasteiger partial charge in [0.1, 0.15) is 5.78 Å². The molecule has 1 unspecified atom stereocenters. The maximum absolute atomic E-state index is 11.7. The van der Waals surface area contributed by atoms with Crippen LogP contribution in [0.25, 0.3) is 0 Å². The van der Waals surface area contributed by atoms with Crippen LogP contribution < -0.4 is 5.32 Å². The predicted octanol–water partition coefficient (Wildman–Crippen LogP) is 1.41. The molecule has 0 spiro atoms. The molecule has 0 bridgehead atoms. The number of hydrogen-bond acceptors (Lipinski definition) is 3. The van der Waals surface area contributed by atoms with Gasteiger partial charge in [-0.2, -0.15) is 0 Å². The molecule has 84 valence electrons. The van der Waals surface area contributed by atoms with Gasteiger partial charge in [0.15, 0.2) is 0 Å². The number of Topliss-reactive ketones (excluding diaryl/α,β-unsaturated/α-hetero) is 1. The van der Waals surface area contributed by atoms with Crippen LogP contribution in [0.5, 0.6) is 0 Å². The van der Waals surface area contributed by atoms with Crippen molar-refractivity contribution < 1.29 is 9.59 Å². The summed E-state index contributed by atoms with van der Waals surface area (Å²) in [4.78, 5) is 23.7. The van der Waals surface area contributed by atoms with Crippen molar-refractivity contribution in [2.24, 2.45) is 0 Å². The number of carbonyl (C=O) groups excluding carboxylic acids is 2. The van der Waals surface area contributed by atoms with Crippen molar-refractivity contribution in [3.05, 3.63) is 29.8 Å². The van der Waals surface area contributed by atoms with Crippen molar-refractivity contribution >= 4 is 23.5 Å². The summed E-state index contributed by atoms with van der Waals surface area (Å²) in [5.41, 5.74) is 1.22. The number of benzene rings is 1. The molecule has 1 aliphatic heterocycles. The van der Waals surface area contributed by atoms with Crippen molar-refractivity contribution in [3.63, 3.8) is 0 Å². The molecule has 1 aliphatic rings. The SMILES string of the molecule is CC(=O)CNC(=O)C1Cc2ccccc2S1. The summed E-state index contributed by atoms with van der Waals surface area (Å²) in [6.07, 6.45) is 0.755. The van der Waals surface area contributed by atoms with Crippen LogP contribution in [0.4, 0.5) is 0 Å². The zero-order valence-electron chi connectivity index (χ0n) is 9.03. The molecule has 2 rings (SSSR count). The van der Waals surface area contributed by atoms with Crippen LogP contribution in [0, 0.1) is 0 Å². The first-order chi connectivity index (χ1) is 7.66. The normalized spacial score (nSPS) is 17.9. The number of fused-ring (bicyclic) bond motifs is 1. The fraction of sp³-hybridized carbons (Fsp3) is 0.333. The first-order valence-electron chi connectivity index (χ1n) is 5.18. The maximum Gasteiger partial charge on any atom is 0.234 e. The minimum Gasteiger partial charge on any atom is -0.348 e. The first-order valence-corrected chi connectivity index (χ1v) is 6.06. The highest BCUT2D eigenvalue weighted by Crippen LogP contribution is 2.36. The molecule has 1 heterocycles. The van der Waals surface area contributed by atoms with Crippen molar-refractivity contribution in [2.75, 3.05) is 6.54 Å². The second-order valence-electron chi connectivity index (χ2n) is 3.84. The minimum absolute atomic E-state index is 0.0196. The second-order valence-corrected chi connectivity index (χ2v) is 5.08. The molecule has 0 aromatic heterocycles. The van der Waals surface area contributed by atoms with Gasteiger partial charge in [0.25, 0.3) is 0 Å². The molecule has 16 heavy (non-hydrogen) atoms. The average Bonchev–Trinajstić information content (AvgIpc) is 2.69. The molecule has 1 amide bonds. The monoisotopic (exact) mass is 235 g/mol. The quantitative estimate of drug-likeness (QED) is 0.861. The van der Waals surface area contributed by atoms with E-state index in [2.05, 4.69) is 5.32 Å². The fourth-order valence-corrected chi connectivity index (χ4v) is 2.87. The fourth-order valence-electron chi connectivity index (χ4n) is 1.65. The zero-order valence-corrected chi connectivity index (χ0v) is 9.84. The smallest absolute Gasteiger partial charge is 0.234 e. The van der Waals surface area contributed by atoms with Gasteiger partial charge in [-0.15, -0.1) is 11.8 Å². The Hall–Kier alpha value is -1.29. The second kappa shape index (κ2) is 4.70. The Morgan fingerprint density at radius 3 is 2.88 bits per heavy atom. The lowest BCUT2D eigenvalue weighted by atomic mass is 10.1. The molecule has 1 atom stereocenters. The Balaban J connectivity index is 1.96. The van der Waals surface area contributed by atoms with Crippen LogP contribution in [0.2, 0.25) is 0 Å². The van der Waals surface area contributed by atoms with Gasteiger partial charge in [-0.3, -0.25) is 9.59 Å². The maximum atomic E-state index is 11.7. The molecule has 0 saturated heterocycles. The van der Waals surface area contributed by atoms with Crippen LogP contribution in [-0.4, -0.2) is 23.5 Å². The number of ketones is 1. The lowest BCUT2D eigenvalue weighted by molar-refractivity contribution is -0.124. The van der Waals surface area contributed by atoms with E-state index in [0.717, 1.165) is 6.42 Å².